The maximum absolute atomic E-state index is 5.64. The zero-order valence-electron chi connectivity index (χ0n) is 7.77. The van der Waals surface area contributed by atoms with E-state index < -0.39 is 0 Å². The molecule has 2 N–H and O–H groups in total. The molecule has 1 aliphatic rings. The summed E-state index contributed by atoms with van der Waals surface area (Å²) in [6.45, 7) is 2.96. The Morgan fingerprint density at radius 3 is 2.69 bits per heavy atom. The van der Waals surface area contributed by atoms with Gasteiger partial charge in [-0.25, -0.2) is 0 Å². The van der Waals surface area contributed by atoms with E-state index in [0.29, 0.717) is 5.41 Å². The van der Waals surface area contributed by atoms with E-state index in [9.17, 15) is 0 Å². The second-order valence-corrected chi connectivity index (χ2v) is 5.55. The third-order valence-electron chi connectivity index (χ3n) is 2.86. The molecule has 0 bridgehead atoms. The molecule has 1 saturated carbocycles. The van der Waals surface area contributed by atoms with Gasteiger partial charge in [-0.1, -0.05) is 0 Å². The molecular formula is C10H14BrNS. The molecule has 0 saturated heterocycles. The van der Waals surface area contributed by atoms with E-state index >= 15 is 0 Å². The number of aryl methyl sites for hydroxylation is 1. The van der Waals surface area contributed by atoms with Crippen LogP contribution >= 0.6 is 27.3 Å². The summed E-state index contributed by atoms with van der Waals surface area (Å²) in [6, 6.07) is 0. The van der Waals surface area contributed by atoms with Crippen molar-refractivity contribution in [1.29, 1.82) is 0 Å². The molecule has 1 fully saturated rings. The Bertz CT molecular complexity index is 315. The van der Waals surface area contributed by atoms with E-state index in [-0.39, 0.29) is 0 Å². The van der Waals surface area contributed by atoms with Gasteiger partial charge in [0.05, 0.1) is 0 Å². The molecule has 1 aliphatic carbocycles. The van der Waals surface area contributed by atoms with E-state index in [4.69, 9.17) is 5.73 Å². The molecule has 0 amide bonds. The molecule has 1 nitrogen and oxygen atoms in total. The van der Waals surface area contributed by atoms with Crippen LogP contribution < -0.4 is 5.73 Å². The number of nitrogens with two attached hydrogens (primary N) is 1. The second-order valence-electron chi connectivity index (χ2n) is 3.88. The lowest BCUT2D eigenvalue weighted by Crippen LogP contribution is -2.12. The van der Waals surface area contributed by atoms with Crippen molar-refractivity contribution in [3.63, 3.8) is 0 Å². The normalized spacial score (nSPS) is 19.0. The fourth-order valence-corrected chi connectivity index (χ4v) is 4.01. The summed E-state index contributed by atoms with van der Waals surface area (Å²) in [5.74, 6) is 0. The van der Waals surface area contributed by atoms with Crippen LogP contribution in [-0.2, 0) is 5.41 Å². The van der Waals surface area contributed by atoms with Gasteiger partial charge in [0.25, 0.3) is 0 Å². The van der Waals surface area contributed by atoms with E-state index in [1.165, 1.54) is 27.8 Å². The minimum atomic E-state index is 0.451. The minimum Gasteiger partial charge on any atom is -0.330 e. The monoisotopic (exact) mass is 259 g/mol. The molecule has 72 valence electrons. The highest BCUT2D eigenvalue weighted by atomic mass is 79.9. The Hall–Kier alpha value is 0.140. The lowest BCUT2D eigenvalue weighted by molar-refractivity contribution is 0.638. The number of halogens is 1. The predicted molar refractivity (Wildman–Crippen MR) is 61.3 cm³/mol. The van der Waals surface area contributed by atoms with E-state index in [1.807, 2.05) is 11.3 Å². The topological polar surface area (TPSA) is 26.0 Å². The second kappa shape index (κ2) is 3.37. The smallest absolute Gasteiger partial charge is 0.0349 e. The number of hydrogen-bond donors (Lipinski definition) is 1. The zero-order valence-corrected chi connectivity index (χ0v) is 10.2. The average molecular weight is 260 g/mol. The summed E-state index contributed by atoms with van der Waals surface area (Å²) in [6.07, 6.45) is 3.79. The molecule has 0 atom stereocenters. The quantitative estimate of drug-likeness (QED) is 0.887. The van der Waals surface area contributed by atoms with Crippen LogP contribution in [0.4, 0.5) is 0 Å². The van der Waals surface area contributed by atoms with Crippen LogP contribution in [0.3, 0.4) is 0 Å². The van der Waals surface area contributed by atoms with Crippen molar-refractivity contribution < 1.29 is 0 Å². The first-order valence-electron chi connectivity index (χ1n) is 4.64. The van der Waals surface area contributed by atoms with Crippen LogP contribution in [0, 0.1) is 6.92 Å². The number of rotatable bonds is 3. The molecular weight excluding hydrogens is 246 g/mol. The van der Waals surface area contributed by atoms with Crippen molar-refractivity contribution in [3.05, 3.63) is 20.3 Å². The first-order chi connectivity index (χ1) is 6.19. The Morgan fingerprint density at radius 1 is 1.62 bits per heavy atom. The molecule has 0 aromatic carbocycles. The van der Waals surface area contributed by atoms with Crippen molar-refractivity contribution in [3.8, 4) is 0 Å². The first kappa shape index (κ1) is 9.69. The van der Waals surface area contributed by atoms with Gasteiger partial charge in [-0.3, -0.25) is 0 Å². The molecule has 0 radical (unpaired) electrons. The summed E-state index contributed by atoms with van der Waals surface area (Å²) in [5.41, 5.74) is 7.45. The molecule has 0 spiro atoms. The lowest BCUT2D eigenvalue weighted by atomic mass is 10.0. The van der Waals surface area contributed by atoms with Crippen LogP contribution in [0.2, 0.25) is 0 Å². The maximum atomic E-state index is 5.64. The summed E-state index contributed by atoms with van der Waals surface area (Å²) in [4.78, 5) is 1.52. The average Bonchev–Trinajstić information content (AvgIpc) is 2.79. The van der Waals surface area contributed by atoms with Crippen LogP contribution in [0.25, 0.3) is 0 Å². The molecule has 3 heteroatoms. The Balaban J connectivity index is 2.30. The van der Waals surface area contributed by atoms with Crippen LogP contribution in [-0.4, -0.2) is 6.54 Å². The molecule has 1 heterocycles. The SMILES string of the molecule is Cc1csc(C2(CCN)CC2)c1Br. The third-order valence-corrected chi connectivity index (χ3v) is 5.49. The largest absolute Gasteiger partial charge is 0.330 e. The molecule has 1 aromatic rings. The lowest BCUT2D eigenvalue weighted by Gasteiger charge is -2.12. The van der Waals surface area contributed by atoms with E-state index in [2.05, 4.69) is 28.2 Å². The predicted octanol–water partition coefficient (Wildman–Crippen LogP) is 3.20. The Labute approximate surface area is 91.5 Å². The van der Waals surface area contributed by atoms with Crippen molar-refractivity contribution in [2.24, 2.45) is 5.73 Å². The van der Waals surface area contributed by atoms with Gasteiger partial charge in [0, 0.05) is 14.8 Å². The summed E-state index contributed by atoms with van der Waals surface area (Å²) < 4.78 is 1.32. The van der Waals surface area contributed by atoms with Gasteiger partial charge in [-0.15, -0.1) is 11.3 Å². The Kier molecular flexibility index (Phi) is 2.51. The molecule has 2 rings (SSSR count). The van der Waals surface area contributed by atoms with Gasteiger partial charge < -0.3 is 5.73 Å². The summed E-state index contributed by atoms with van der Waals surface area (Å²) in [5, 5.41) is 2.23. The van der Waals surface area contributed by atoms with Crippen molar-refractivity contribution in [1.82, 2.24) is 0 Å². The zero-order chi connectivity index (χ0) is 9.47. The van der Waals surface area contributed by atoms with Crippen LogP contribution in [0.15, 0.2) is 9.85 Å². The van der Waals surface area contributed by atoms with Gasteiger partial charge >= 0.3 is 0 Å². The fourth-order valence-electron chi connectivity index (χ4n) is 1.81. The maximum Gasteiger partial charge on any atom is 0.0349 e. The van der Waals surface area contributed by atoms with Crippen molar-refractivity contribution >= 4 is 27.3 Å². The Morgan fingerprint density at radius 2 is 2.31 bits per heavy atom. The van der Waals surface area contributed by atoms with Crippen molar-refractivity contribution in [2.45, 2.75) is 31.6 Å². The van der Waals surface area contributed by atoms with Gasteiger partial charge in [0.2, 0.25) is 0 Å². The van der Waals surface area contributed by atoms with Gasteiger partial charge in [0.1, 0.15) is 0 Å². The summed E-state index contributed by atoms with van der Waals surface area (Å²) in [7, 11) is 0. The molecule has 13 heavy (non-hydrogen) atoms. The van der Waals surface area contributed by atoms with E-state index in [1.54, 1.807) is 0 Å². The van der Waals surface area contributed by atoms with Crippen molar-refractivity contribution in [2.75, 3.05) is 6.54 Å². The molecule has 1 aromatic heterocycles. The minimum absolute atomic E-state index is 0.451. The number of thiophene rings is 1. The summed E-state index contributed by atoms with van der Waals surface area (Å²) >= 11 is 5.55. The van der Waals surface area contributed by atoms with Gasteiger partial charge in [0.15, 0.2) is 0 Å². The standard InChI is InChI=1S/C10H14BrNS/c1-7-6-13-9(8(7)11)10(2-3-10)4-5-12/h6H,2-5,12H2,1H3. The highest BCUT2D eigenvalue weighted by molar-refractivity contribution is 9.10. The van der Waals surface area contributed by atoms with E-state index in [0.717, 1.165) is 13.0 Å². The third kappa shape index (κ3) is 1.58. The van der Waals surface area contributed by atoms with Gasteiger partial charge in [-0.2, -0.15) is 0 Å². The highest BCUT2D eigenvalue weighted by Crippen LogP contribution is 2.55. The number of hydrogen-bond acceptors (Lipinski definition) is 2. The van der Waals surface area contributed by atoms with Gasteiger partial charge in [-0.05, 0) is 59.6 Å². The first-order valence-corrected chi connectivity index (χ1v) is 6.31. The van der Waals surface area contributed by atoms with Crippen LogP contribution in [0.1, 0.15) is 29.7 Å². The highest BCUT2D eigenvalue weighted by Gasteiger charge is 2.45. The fraction of sp³-hybridized carbons (Fsp3) is 0.600. The molecule has 0 unspecified atom stereocenters. The molecule has 0 aliphatic heterocycles. The van der Waals surface area contributed by atoms with Crippen LogP contribution in [0.5, 0.6) is 0 Å².